The minimum atomic E-state index is -0.222. The number of rotatable bonds is 6. The lowest BCUT2D eigenvalue weighted by molar-refractivity contribution is -0.123. The number of hydrogen-bond donors (Lipinski definition) is 1. The van der Waals surface area contributed by atoms with Crippen molar-refractivity contribution in [1.82, 2.24) is 5.32 Å². The maximum absolute atomic E-state index is 12.7. The standard InChI is InChI=1S/C26H23NO2/c1-19-14-16-22(17-15-19)26(21-9-3-2-4-10-21)27-25(28)18-29-24-13-7-11-20-8-5-6-12-23(20)24/h2-17,26H,18H2,1H3,(H,27,28)/t26-/m1/s1. The van der Waals surface area contributed by atoms with Crippen molar-refractivity contribution in [2.24, 2.45) is 0 Å². The average molecular weight is 381 g/mol. The Bertz CT molecular complexity index is 1100. The van der Waals surface area contributed by atoms with Crippen LogP contribution in [0.1, 0.15) is 22.7 Å². The van der Waals surface area contributed by atoms with Crippen LogP contribution in [-0.2, 0) is 4.79 Å². The molecule has 0 aliphatic carbocycles. The van der Waals surface area contributed by atoms with Gasteiger partial charge in [0.15, 0.2) is 6.61 Å². The second-order valence-electron chi connectivity index (χ2n) is 7.09. The lowest BCUT2D eigenvalue weighted by Gasteiger charge is -2.20. The van der Waals surface area contributed by atoms with E-state index < -0.39 is 0 Å². The lowest BCUT2D eigenvalue weighted by Crippen LogP contribution is -2.33. The number of nitrogens with one attached hydrogen (secondary N) is 1. The third-order valence-corrected chi connectivity index (χ3v) is 4.96. The summed E-state index contributed by atoms with van der Waals surface area (Å²) < 4.78 is 5.86. The number of carbonyl (C=O) groups is 1. The third kappa shape index (κ3) is 4.46. The van der Waals surface area contributed by atoms with Crippen LogP contribution >= 0.6 is 0 Å². The quantitative estimate of drug-likeness (QED) is 0.483. The summed E-state index contributed by atoms with van der Waals surface area (Å²) in [7, 11) is 0. The van der Waals surface area contributed by atoms with E-state index in [1.807, 2.05) is 72.8 Å². The van der Waals surface area contributed by atoms with Crippen molar-refractivity contribution < 1.29 is 9.53 Å². The molecule has 1 atom stereocenters. The van der Waals surface area contributed by atoms with Gasteiger partial charge in [-0.2, -0.15) is 0 Å². The molecule has 0 bridgehead atoms. The van der Waals surface area contributed by atoms with Crippen molar-refractivity contribution in [3.63, 3.8) is 0 Å². The first kappa shape index (κ1) is 18.8. The first-order valence-corrected chi connectivity index (χ1v) is 9.72. The Hall–Kier alpha value is -3.59. The van der Waals surface area contributed by atoms with Crippen molar-refractivity contribution in [2.75, 3.05) is 6.61 Å². The van der Waals surface area contributed by atoms with Gasteiger partial charge < -0.3 is 10.1 Å². The molecule has 3 heteroatoms. The third-order valence-electron chi connectivity index (χ3n) is 4.96. The molecule has 144 valence electrons. The highest BCUT2D eigenvalue weighted by Gasteiger charge is 2.17. The van der Waals surface area contributed by atoms with E-state index in [1.54, 1.807) is 0 Å². The van der Waals surface area contributed by atoms with Crippen LogP contribution in [0.2, 0.25) is 0 Å². The van der Waals surface area contributed by atoms with E-state index in [0.29, 0.717) is 5.75 Å². The summed E-state index contributed by atoms with van der Waals surface area (Å²) in [5.74, 6) is 0.553. The molecule has 1 N–H and O–H groups in total. The Morgan fingerprint density at radius 3 is 2.24 bits per heavy atom. The van der Waals surface area contributed by atoms with Crippen molar-refractivity contribution in [2.45, 2.75) is 13.0 Å². The SMILES string of the molecule is Cc1ccc([C@H](NC(=O)COc2cccc3ccccc23)c2ccccc2)cc1. The van der Waals surface area contributed by atoms with Crippen LogP contribution in [-0.4, -0.2) is 12.5 Å². The molecule has 4 aromatic carbocycles. The van der Waals surface area contributed by atoms with Gasteiger partial charge in [-0.05, 0) is 29.5 Å². The van der Waals surface area contributed by atoms with Gasteiger partial charge in [0.05, 0.1) is 6.04 Å². The smallest absolute Gasteiger partial charge is 0.258 e. The number of aryl methyl sites for hydroxylation is 1. The summed E-state index contributed by atoms with van der Waals surface area (Å²) >= 11 is 0. The summed E-state index contributed by atoms with van der Waals surface area (Å²) in [6, 6.07) is 31.9. The summed E-state index contributed by atoms with van der Waals surface area (Å²) in [5, 5.41) is 5.21. The second-order valence-corrected chi connectivity index (χ2v) is 7.09. The first-order chi connectivity index (χ1) is 14.2. The van der Waals surface area contributed by atoms with Crippen LogP contribution in [0.15, 0.2) is 97.1 Å². The Morgan fingerprint density at radius 1 is 0.793 bits per heavy atom. The van der Waals surface area contributed by atoms with E-state index in [0.717, 1.165) is 21.9 Å². The number of hydrogen-bond acceptors (Lipinski definition) is 2. The van der Waals surface area contributed by atoms with Gasteiger partial charge in [0.1, 0.15) is 5.75 Å². The number of ether oxygens (including phenoxy) is 1. The van der Waals surface area contributed by atoms with E-state index in [-0.39, 0.29) is 18.6 Å². The van der Waals surface area contributed by atoms with Gasteiger partial charge >= 0.3 is 0 Å². The Kier molecular flexibility index (Phi) is 5.57. The fourth-order valence-electron chi connectivity index (χ4n) is 3.43. The Balaban J connectivity index is 1.51. The van der Waals surface area contributed by atoms with E-state index in [1.165, 1.54) is 5.56 Å². The van der Waals surface area contributed by atoms with Crippen molar-refractivity contribution >= 4 is 16.7 Å². The molecule has 0 saturated carbocycles. The summed E-state index contributed by atoms with van der Waals surface area (Å²) in [4.78, 5) is 12.7. The molecule has 4 rings (SSSR count). The molecular weight excluding hydrogens is 358 g/mol. The molecule has 0 fully saturated rings. The molecule has 0 unspecified atom stereocenters. The molecule has 0 saturated heterocycles. The highest BCUT2D eigenvalue weighted by molar-refractivity contribution is 5.88. The fourth-order valence-corrected chi connectivity index (χ4v) is 3.43. The molecule has 0 aromatic heterocycles. The maximum Gasteiger partial charge on any atom is 0.258 e. The molecule has 4 aromatic rings. The van der Waals surface area contributed by atoms with E-state index in [4.69, 9.17) is 4.74 Å². The minimum absolute atomic E-state index is 0.0385. The van der Waals surface area contributed by atoms with E-state index in [2.05, 4.69) is 36.5 Å². The normalized spacial score (nSPS) is 11.8. The average Bonchev–Trinajstić information content (AvgIpc) is 2.77. The zero-order valence-electron chi connectivity index (χ0n) is 16.3. The highest BCUT2D eigenvalue weighted by Crippen LogP contribution is 2.25. The minimum Gasteiger partial charge on any atom is -0.483 e. The summed E-state index contributed by atoms with van der Waals surface area (Å²) in [6.07, 6.45) is 0. The molecule has 3 nitrogen and oxygen atoms in total. The largest absolute Gasteiger partial charge is 0.483 e. The van der Waals surface area contributed by atoms with Gasteiger partial charge in [-0.15, -0.1) is 0 Å². The van der Waals surface area contributed by atoms with Gasteiger partial charge in [-0.1, -0.05) is 96.6 Å². The van der Waals surface area contributed by atoms with Crippen LogP contribution in [0.25, 0.3) is 10.8 Å². The molecule has 29 heavy (non-hydrogen) atoms. The van der Waals surface area contributed by atoms with Gasteiger partial charge in [-0.3, -0.25) is 4.79 Å². The predicted molar refractivity (Wildman–Crippen MR) is 117 cm³/mol. The molecule has 1 amide bonds. The topological polar surface area (TPSA) is 38.3 Å². The van der Waals surface area contributed by atoms with E-state index >= 15 is 0 Å². The van der Waals surface area contributed by atoms with Gasteiger partial charge in [-0.25, -0.2) is 0 Å². The van der Waals surface area contributed by atoms with Crippen LogP contribution < -0.4 is 10.1 Å². The van der Waals surface area contributed by atoms with Crippen molar-refractivity contribution in [1.29, 1.82) is 0 Å². The molecular formula is C26H23NO2. The lowest BCUT2D eigenvalue weighted by atomic mass is 9.98. The second kappa shape index (κ2) is 8.61. The predicted octanol–water partition coefficient (Wildman–Crippen LogP) is 5.43. The number of carbonyl (C=O) groups excluding carboxylic acids is 1. The van der Waals surface area contributed by atoms with Crippen LogP contribution in [0.4, 0.5) is 0 Å². The maximum atomic E-state index is 12.7. The zero-order valence-corrected chi connectivity index (χ0v) is 16.3. The number of benzene rings is 4. The zero-order chi connectivity index (χ0) is 20.1. The van der Waals surface area contributed by atoms with Crippen LogP contribution in [0, 0.1) is 6.92 Å². The van der Waals surface area contributed by atoms with Gasteiger partial charge in [0.25, 0.3) is 5.91 Å². The highest BCUT2D eigenvalue weighted by atomic mass is 16.5. The number of amides is 1. The molecule has 0 heterocycles. The monoisotopic (exact) mass is 381 g/mol. The number of fused-ring (bicyclic) bond motifs is 1. The fraction of sp³-hybridized carbons (Fsp3) is 0.115. The molecule has 0 spiro atoms. The van der Waals surface area contributed by atoms with Crippen molar-refractivity contribution in [3.05, 3.63) is 114 Å². The van der Waals surface area contributed by atoms with Gasteiger partial charge in [0.2, 0.25) is 0 Å². The van der Waals surface area contributed by atoms with Crippen LogP contribution in [0.5, 0.6) is 5.75 Å². The van der Waals surface area contributed by atoms with Gasteiger partial charge in [0, 0.05) is 5.39 Å². The van der Waals surface area contributed by atoms with Crippen molar-refractivity contribution in [3.8, 4) is 5.75 Å². The Labute approximate surface area is 171 Å². The molecule has 0 aliphatic heterocycles. The van der Waals surface area contributed by atoms with E-state index in [9.17, 15) is 4.79 Å². The first-order valence-electron chi connectivity index (χ1n) is 9.72. The van der Waals surface area contributed by atoms with Crippen LogP contribution in [0.3, 0.4) is 0 Å². The molecule has 0 aliphatic rings. The molecule has 0 radical (unpaired) electrons. The summed E-state index contributed by atoms with van der Waals surface area (Å²) in [6.45, 7) is 2.01. The summed E-state index contributed by atoms with van der Waals surface area (Å²) in [5.41, 5.74) is 3.27. The Morgan fingerprint density at radius 2 is 1.45 bits per heavy atom.